The Kier molecular flexibility index (Phi) is 3.99. The summed E-state index contributed by atoms with van der Waals surface area (Å²) in [6.07, 6.45) is 4.17. The van der Waals surface area contributed by atoms with Crippen LogP contribution in [0.25, 0.3) is 0 Å². The topological polar surface area (TPSA) is 66.5 Å². The van der Waals surface area contributed by atoms with E-state index in [1.807, 2.05) is 7.05 Å². The zero-order valence-electron chi connectivity index (χ0n) is 13.0. The van der Waals surface area contributed by atoms with Gasteiger partial charge in [-0.25, -0.2) is 13.1 Å². The van der Waals surface area contributed by atoms with E-state index in [0.29, 0.717) is 11.5 Å². The summed E-state index contributed by atoms with van der Waals surface area (Å²) in [5, 5.41) is 0. The Bertz CT molecular complexity index is 661. The van der Waals surface area contributed by atoms with Gasteiger partial charge in [-0.1, -0.05) is 0 Å². The zero-order chi connectivity index (χ0) is 15.9. The highest BCUT2D eigenvalue weighted by Crippen LogP contribution is 2.35. The molecule has 0 radical (unpaired) electrons. The number of nitrogens with zero attached hydrogens (tertiary/aromatic N) is 1. The van der Waals surface area contributed by atoms with Crippen LogP contribution in [0, 0.1) is 5.92 Å². The van der Waals surface area contributed by atoms with Crippen molar-refractivity contribution in [2.24, 2.45) is 5.92 Å². The molecule has 1 amide bonds. The van der Waals surface area contributed by atoms with E-state index in [4.69, 9.17) is 0 Å². The van der Waals surface area contributed by atoms with Crippen molar-refractivity contribution in [3.8, 4) is 0 Å². The number of hydrogen-bond donors (Lipinski definition) is 1. The van der Waals surface area contributed by atoms with Crippen LogP contribution in [0.15, 0.2) is 29.2 Å². The molecule has 2 aliphatic carbocycles. The Morgan fingerprint density at radius 2 is 1.77 bits per heavy atom. The molecule has 5 nitrogen and oxygen atoms in total. The van der Waals surface area contributed by atoms with Gasteiger partial charge in [0, 0.05) is 24.7 Å². The van der Waals surface area contributed by atoms with Crippen LogP contribution < -0.4 is 4.72 Å². The third-order valence-corrected chi connectivity index (χ3v) is 6.08. The highest BCUT2D eigenvalue weighted by atomic mass is 32.2. The van der Waals surface area contributed by atoms with Gasteiger partial charge in [0.15, 0.2) is 0 Å². The first-order valence-corrected chi connectivity index (χ1v) is 9.26. The Labute approximate surface area is 131 Å². The molecule has 120 valence electrons. The fraction of sp³-hybridized carbons (Fsp3) is 0.562. The minimum absolute atomic E-state index is 0.0569. The maximum Gasteiger partial charge on any atom is 0.253 e. The Balaban J connectivity index is 1.71. The Morgan fingerprint density at radius 3 is 2.27 bits per heavy atom. The molecule has 6 heteroatoms. The third-order valence-electron chi connectivity index (χ3n) is 4.55. The summed E-state index contributed by atoms with van der Waals surface area (Å²) < 4.78 is 26.8. The summed E-state index contributed by atoms with van der Waals surface area (Å²) in [6, 6.07) is 6.52. The van der Waals surface area contributed by atoms with E-state index in [-0.39, 0.29) is 22.9 Å². The molecule has 0 bridgehead atoms. The number of amides is 1. The molecule has 22 heavy (non-hydrogen) atoms. The SMILES string of the molecule is CC(C1CC1)N(C)C(=O)c1ccc(S(=O)(=O)NC2CC2)cc1. The Hall–Kier alpha value is -1.40. The molecule has 2 saturated carbocycles. The summed E-state index contributed by atoms with van der Waals surface area (Å²) >= 11 is 0. The fourth-order valence-electron chi connectivity index (χ4n) is 2.55. The van der Waals surface area contributed by atoms with Crippen molar-refractivity contribution in [1.29, 1.82) is 0 Å². The molecule has 1 unspecified atom stereocenters. The number of carbonyl (C=O) groups is 1. The first-order valence-electron chi connectivity index (χ1n) is 7.78. The van der Waals surface area contributed by atoms with Crippen molar-refractivity contribution in [3.05, 3.63) is 29.8 Å². The summed E-state index contributed by atoms with van der Waals surface area (Å²) in [5.41, 5.74) is 0.528. The van der Waals surface area contributed by atoms with Crippen molar-refractivity contribution in [1.82, 2.24) is 9.62 Å². The highest BCUT2D eigenvalue weighted by Gasteiger charge is 2.33. The molecular formula is C16H22N2O3S. The third kappa shape index (κ3) is 3.33. The van der Waals surface area contributed by atoms with Gasteiger partial charge in [0.05, 0.1) is 4.90 Å². The first kappa shape index (κ1) is 15.5. The van der Waals surface area contributed by atoms with E-state index in [1.165, 1.54) is 25.0 Å². The van der Waals surface area contributed by atoms with Crippen LogP contribution in [0.5, 0.6) is 0 Å². The molecule has 1 N–H and O–H groups in total. The van der Waals surface area contributed by atoms with Crippen molar-refractivity contribution in [3.63, 3.8) is 0 Å². The molecule has 0 aliphatic heterocycles. The minimum atomic E-state index is -3.45. The maximum absolute atomic E-state index is 12.4. The summed E-state index contributed by atoms with van der Waals surface area (Å²) in [7, 11) is -1.64. The van der Waals surface area contributed by atoms with Crippen LogP contribution in [0.4, 0.5) is 0 Å². The lowest BCUT2D eigenvalue weighted by molar-refractivity contribution is 0.0727. The standard InChI is InChI=1S/C16H22N2O3S/c1-11(12-3-4-12)18(2)16(19)13-5-9-15(10-6-13)22(20,21)17-14-7-8-14/h5-6,9-12,14,17H,3-4,7-8H2,1-2H3. The van der Waals surface area contributed by atoms with E-state index in [1.54, 1.807) is 17.0 Å². The first-order chi connectivity index (χ1) is 10.4. The van der Waals surface area contributed by atoms with Crippen LogP contribution in [0.2, 0.25) is 0 Å². The average molecular weight is 322 g/mol. The van der Waals surface area contributed by atoms with Gasteiger partial charge in [-0.3, -0.25) is 4.79 Å². The molecule has 0 aromatic heterocycles. The van der Waals surface area contributed by atoms with Gasteiger partial charge in [-0.2, -0.15) is 0 Å². The molecule has 1 atom stereocenters. The largest absolute Gasteiger partial charge is 0.339 e. The van der Waals surface area contributed by atoms with Gasteiger partial charge in [-0.15, -0.1) is 0 Å². The van der Waals surface area contributed by atoms with Crippen LogP contribution in [0.3, 0.4) is 0 Å². The number of carbonyl (C=O) groups excluding carboxylic acids is 1. The van der Waals surface area contributed by atoms with Crippen molar-refractivity contribution in [2.45, 2.75) is 49.6 Å². The van der Waals surface area contributed by atoms with Gasteiger partial charge in [-0.05, 0) is 62.8 Å². The number of benzene rings is 1. The monoisotopic (exact) mass is 322 g/mol. The molecule has 2 fully saturated rings. The van der Waals surface area contributed by atoms with Gasteiger partial charge < -0.3 is 4.90 Å². The summed E-state index contributed by atoms with van der Waals surface area (Å²) in [4.78, 5) is 14.4. The number of hydrogen-bond acceptors (Lipinski definition) is 3. The number of rotatable bonds is 6. The second-order valence-corrected chi connectivity index (χ2v) is 8.13. The predicted molar refractivity (Wildman–Crippen MR) is 84.1 cm³/mol. The smallest absolute Gasteiger partial charge is 0.253 e. The zero-order valence-corrected chi connectivity index (χ0v) is 13.8. The van der Waals surface area contributed by atoms with Gasteiger partial charge in [0.1, 0.15) is 0 Å². The predicted octanol–water partition coefficient (Wildman–Crippen LogP) is 2.00. The molecule has 0 heterocycles. The van der Waals surface area contributed by atoms with E-state index in [2.05, 4.69) is 11.6 Å². The van der Waals surface area contributed by atoms with Gasteiger partial charge >= 0.3 is 0 Å². The molecular weight excluding hydrogens is 300 g/mol. The van der Waals surface area contributed by atoms with Crippen LogP contribution >= 0.6 is 0 Å². The van der Waals surface area contributed by atoms with Crippen LogP contribution in [-0.4, -0.2) is 38.4 Å². The summed E-state index contributed by atoms with van der Waals surface area (Å²) in [6.45, 7) is 2.06. The highest BCUT2D eigenvalue weighted by molar-refractivity contribution is 7.89. The second kappa shape index (κ2) is 5.66. The van der Waals surface area contributed by atoms with E-state index < -0.39 is 10.0 Å². The molecule has 1 aromatic carbocycles. The Morgan fingerprint density at radius 1 is 1.18 bits per heavy atom. The van der Waals surface area contributed by atoms with Gasteiger partial charge in [0.25, 0.3) is 5.91 Å². The molecule has 0 spiro atoms. The normalized spacial score (nSPS) is 19.7. The van der Waals surface area contributed by atoms with Crippen LogP contribution in [-0.2, 0) is 10.0 Å². The molecule has 3 rings (SSSR count). The lowest BCUT2D eigenvalue weighted by Crippen LogP contribution is -2.36. The lowest BCUT2D eigenvalue weighted by Gasteiger charge is -2.25. The van der Waals surface area contributed by atoms with E-state index in [9.17, 15) is 13.2 Å². The average Bonchev–Trinajstić information content (AvgIpc) is 3.38. The number of sulfonamides is 1. The fourth-order valence-corrected chi connectivity index (χ4v) is 3.85. The van der Waals surface area contributed by atoms with Gasteiger partial charge in [0.2, 0.25) is 10.0 Å². The van der Waals surface area contributed by atoms with Crippen molar-refractivity contribution >= 4 is 15.9 Å². The maximum atomic E-state index is 12.4. The van der Waals surface area contributed by atoms with Crippen molar-refractivity contribution in [2.75, 3.05) is 7.05 Å². The lowest BCUT2D eigenvalue weighted by atomic mass is 10.1. The van der Waals surface area contributed by atoms with Crippen molar-refractivity contribution < 1.29 is 13.2 Å². The minimum Gasteiger partial charge on any atom is -0.339 e. The quantitative estimate of drug-likeness (QED) is 0.871. The molecule has 2 aliphatic rings. The summed E-state index contributed by atoms with van der Waals surface area (Å²) in [5.74, 6) is 0.551. The molecule has 1 aromatic rings. The van der Waals surface area contributed by atoms with Crippen LogP contribution in [0.1, 0.15) is 43.0 Å². The second-order valence-electron chi connectivity index (χ2n) is 6.41. The number of nitrogens with one attached hydrogen (secondary N) is 1. The molecule has 0 saturated heterocycles. The van der Waals surface area contributed by atoms with E-state index >= 15 is 0 Å². The van der Waals surface area contributed by atoms with E-state index in [0.717, 1.165) is 12.8 Å².